The van der Waals surface area contributed by atoms with Crippen LogP contribution < -0.4 is 0 Å². The quantitative estimate of drug-likeness (QED) is 0.695. The number of aromatic nitrogens is 1. The Labute approximate surface area is 88.4 Å². The standard InChI is InChI=1S/C11H12N2S/c1-14-10-9(4-2-7-13-10)11(8-12)5-3-6-11/h2,4,7H,3,5-6H2,1H3. The molecule has 0 saturated heterocycles. The molecule has 0 amide bonds. The van der Waals surface area contributed by atoms with Gasteiger partial charge < -0.3 is 0 Å². The number of pyridine rings is 1. The molecule has 2 rings (SSSR count). The summed E-state index contributed by atoms with van der Waals surface area (Å²) in [6, 6.07) is 6.42. The SMILES string of the molecule is CSc1ncccc1C1(C#N)CCC1. The summed E-state index contributed by atoms with van der Waals surface area (Å²) in [5.41, 5.74) is 0.897. The third-order valence-corrected chi connectivity index (χ3v) is 3.61. The Morgan fingerprint density at radius 1 is 1.57 bits per heavy atom. The van der Waals surface area contributed by atoms with Crippen molar-refractivity contribution in [2.45, 2.75) is 29.7 Å². The van der Waals surface area contributed by atoms with Crippen molar-refractivity contribution in [3.8, 4) is 6.07 Å². The molecule has 1 aliphatic carbocycles. The molecule has 3 heteroatoms. The molecule has 1 aromatic heterocycles. The van der Waals surface area contributed by atoms with E-state index in [4.69, 9.17) is 0 Å². The van der Waals surface area contributed by atoms with Gasteiger partial charge in [0.2, 0.25) is 0 Å². The highest BCUT2D eigenvalue weighted by Crippen LogP contribution is 2.45. The normalized spacial score (nSPS) is 18.3. The molecule has 0 atom stereocenters. The van der Waals surface area contributed by atoms with Gasteiger partial charge in [0.15, 0.2) is 0 Å². The number of hydrogen-bond acceptors (Lipinski definition) is 3. The Balaban J connectivity index is 2.45. The summed E-state index contributed by atoms with van der Waals surface area (Å²) >= 11 is 1.62. The van der Waals surface area contributed by atoms with Crippen molar-refractivity contribution < 1.29 is 0 Å². The van der Waals surface area contributed by atoms with Crippen LogP contribution in [0.1, 0.15) is 24.8 Å². The van der Waals surface area contributed by atoms with E-state index < -0.39 is 0 Å². The van der Waals surface area contributed by atoms with Crippen LogP contribution in [0.2, 0.25) is 0 Å². The molecule has 2 nitrogen and oxygen atoms in total. The van der Waals surface area contributed by atoms with Gasteiger partial charge in [-0.25, -0.2) is 4.98 Å². The van der Waals surface area contributed by atoms with Gasteiger partial charge in [0.05, 0.1) is 11.5 Å². The van der Waals surface area contributed by atoms with E-state index in [0.717, 1.165) is 29.9 Å². The van der Waals surface area contributed by atoms with E-state index in [1.165, 1.54) is 0 Å². The summed E-state index contributed by atoms with van der Waals surface area (Å²) < 4.78 is 0. The zero-order valence-electron chi connectivity index (χ0n) is 8.16. The van der Waals surface area contributed by atoms with Crippen LogP contribution >= 0.6 is 11.8 Å². The van der Waals surface area contributed by atoms with E-state index in [9.17, 15) is 5.26 Å². The molecule has 1 saturated carbocycles. The van der Waals surface area contributed by atoms with Crippen molar-refractivity contribution in [3.63, 3.8) is 0 Å². The first-order valence-corrected chi connectivity index (χ1v) is 5.95. The summed E-state index contributed by atoms with van der Waals surface area (Å²) in [6.07, 6.45) is 6.94. The molecule has 0 spiro atoms. The zero-order chi connectivity index (χ0) is 10.0. The topological polar surface area (TPSA) is 36.7 Å². The van der Waals surface area contributed by atoms with Crippen LogP contribution in [0, 0.1) is 11.3 Å². The maximum absolute atomic E-state index is 9.22. The number of nitrogens with zero attached hydrogens (tertiary/aromatic N) is 2. The molecule has 0 aliphatic heterocycles. The van der Waals surface area contributed by atoms with E-state index in [-0.39, 0.29) is 5.41 Å². The Morgan fingerprint density at radius 3 is 2.86 bits per heavy atom. The molecule has 1 aliphatic rings. The molecule has 0 bridgehead atoms. The van der Waals surface area contributed by atoms with E-state index >= 15 is 0 Å². The minimum Gasteiger partial charge on any atom is -0.250 e. The molecule has 1 fully saturated rings. The van der Waals surface area contributed by atoms with Crippen molar-refractivity contribution in [2.75, 3.05) is 6.26 Å². The van der Waals surface area contributed by atoms with E-state index in [1.807, 2.05) is 18.4 Å². The van der Waals surface area contributed by atoms with Crippen LogP contribution in [-0.4, -0.2) is 11.2 Å². The number of nitriles is 1. The van der Waals surface area contributed by atoms with Crippen LogP contribution in [0.5, 0.6) is 0 Å². The molecule has 0 N–H and O–H groups in total. The Morgan fingerprint density at radius 2 is 2.36 bits per heavy atom. The fourth-order valence-electron chi connectivity index (χ4n) is 1.89. The molecular weight excluding hydrogens is 192 g/mol. The Hall–Kier alpha value is -1.01. The van der Waals surface area contributed by atoms with Crippen LogP contribution in [0.15, 0.2) is 23.4 Å². The smallest absolute Gasteiger partial charge is 0.100 e. The highest BCUT2D eigenvalue weighted by molar-refractivity contribution is 7.98. The van der Waals surface area contributed by atoms with Gasteiger partial charge >= 0.3 is 0 Å². The van der Waals surface area contributed by atoms with Crippen molar-refractivity contribution in [1.82, 2.24) is 4.98 Å². The molecule has 72 valence electrons. The van der Waals surface area contributed by atoms with Crippen molar-refractivity contribution in [2.24, 2.45) is 0 Å². The minimum absolute atomic E-state index is 0.230. The van der Waals surface area contributed by atoms with Gasteiger partial charge in [-0.1, -0.05) is 6.07 Å². The largest absolute Gasteiger partial charge is 0.250 e. The predicted octanol–water partition coefficient (Wildman–Crippen LogP) is 2.75. The van der Waals surface area contributed by atoms with Gasteiger partial charge in [0.1, 0.15) is 5.03 Å². The number of rotatable bonds is 2. The summed E-state index contributed by atoms with van der Waals surface area (Å²) in [6.45, 7) is 0. The molecule has 0 radical (unpaired) electrons. The van der Waals surface area contributed by atoms with Crippen LogP contribution in [0.4, 0.5) is 0 Å². The lowest BCUT2D eigenvalue weighted by Crippen LogP contribution is -2.33. The third kappa shape index (κ3) is 1.31. The second-order valence-corrected chi connectivity index (χ2v) is 4.40. The first-order valence-electron chi connectivity index (χ1n) is 4.73. The third-order valence-electron chi connectivity index (χ3n) is 2.90. The average molecular weight is 204 g/mol. The van der Waals surface area contributed by atoms with Gasteiger partial charge in [-0.15, -0.1) is 11.8 Å². The number of hydrogen-bond donors (Lipinski definition) is 0. The van der Waals surface area contributed by atoms with Crippen molar-refractivity contribution >= 4 is 11.8 Å². The van der Waals surface area contributed by atoms with E-state index in [0.29, 0.717) is 0 Å². The van der Waals surface area contributed by atoms with E-state index in [1.54, 1.807) is 18.0 Å². The maximum Gasteiger partial charge on any atom is 0.100 e. The fourth-order valence-corrected chi connectivity index (χ4v) is 2.54. The summed E-state index contributed by atoms with van der Waals surface area (Å²) in [4.78, 5) is 4.30. The Kier molecular flexibility index (Phi) is 2.47. The molecule has 0 unspecified atom stereocenters. The first-order chi connectivity index (χ1) is 6.82. The monoisotopic (exact) mass is 204 g/mol. The lowest BCUT2D eigenvalue weighted by Gasteiger charge is -2.36. The zero-order valence-corrected chi connectivity index (χ0v) is 8.97. The maximum atomic E-state index is 9.22. The lowest BCUT2D eigenvalue weighted by atomic mass is 9.66. The second kappa shape index (κ2) is 3.62. The van der Waals surface area contributed by atoms with Gasteiger partial charge in [-0.05, 0) is 31.6 Å². The van der Waals surface area contributed by atoms with Crippen LogP contribution in [0.3, 0.4) is 0 Å². The number of thioether (sulfide) groups is 1. The van der Waals surface area contributed by atoms with Crippen LogP contribution in [0.25, 0.3) is 0 Å². The first kappa shape index (κ1) is 9.54. The molecule has 14 heavy (non-hydrogen) atoms. The second-order valence-electron chi connectivity index (χ2n) is 3.61. The van der Waals surface area contributed by atoms with Crippen molar-refractivity contribution in [1.29, 1.82) is 5.26 Å². The van der Waals surface area contributed by atoms with Crippen molar-refractivity contribution in [3.05, 3.63) is 23.9 Å². The highest BCUT2D eigenvalue weighted by atomic mass is 32.2. The minimum atomic E-state index is -0.230. The summed E-state index contributed by atoms with van der Waals surface area (Å²) in [7, 11) is 0. The van der Waals surface area contributed by atoms with Gasteiger partial charge in [-0.3, -0.25) is 0 Å². The molecular formula is C11H12N2S. The molecule has 0 aromatic carbocycles. The lowest BCUT2D eigenvalue weighted by molar-refractivity contribution is 0.317. The van der Waals surface area contributed by atoms with Gasteiger partial charge in [-0.2, -0.15) is 5.26 Å². The summed E-state index contributed by atoms with van der Waals surface area (Å²) in [5.74, 6) is 0. The highest BCUT2D eigenvalue weighted by Gasteiger charge is 2.40. The van der Waals surface area contributed by atoms with Crippen LogP contribution in [-0.2, 0) is 5.41 Å². The van der Waals surface area contributed by atoms with E-state index in [2.05, 4.69) is 11.1 Å². The van der Waals surface area contributed by atoms with Gasteiger partial charge in [0, 0.05) is 11.8 Å². The molecule has 1 heterocycles. The fraction of sp³-hybridized carbons (Fsp3) is 0.455. The molecule has 1 aromatic rings. The predicted molar refractivity (Wildman–Crippen MR) is 57.2 cm³/mol. The Bertz CT molecular complexity index is 377. The van der Waals surface area contributed by atoms with Gasteiger partial charge in [0.25, 0.3) is 0 Å². The summed E-state index contributed by atoms with van der Waals surface area (Å²) in [5, 5.41) is 10.2. The average Bonchev–Trinajstić information content (AvgIpc) is 2.18.